The minimum absolute atomic E-state index is 0.0957. The highest BCUT2D eigenvalue weighted by molar-refractivity contribution is 5.75. The number of ether oxygens (including phenoxy) is 1. The molecule has 0 unspecified atom stereocenters. The number of carbonyl (C=O) groups excluding carboxylic acids is 1. The van der Waals surface area contributed by atoms with Crippen LogP contribution in [0.15, 0.2) is 0 Å². The van der Waals surface area contributed by atoms with Gasteiger partial charge >= 0.3 is 0 Å². The van der Waals surface area contributed by atoms with E-state index >= 15 is 0 Å². The van der Waals surface area contributed by atoms with Gasteiger partial charge in [0.25, 0.3) is 0 Å². The third-order valence-electron chi connectivity index (χ3n) is 4.18. The second-order valence-electron chi connectivity index (χ2n) is 6.48. The van der Waals surface area contributed by atoms with Crippen LogP contribution < -0.4 is 5.32 Å². The van der Waals surface area contributed by atoms with Crippen molar-refractivity contribution in [2.45, 2.75) is 64.7 Å². The van der Waals surface area contributed by atoms with Crippen molar-refractivity contribution in [2.75, 3.05) is 52.6 Å². The zero-order valence-electron chi connectivity index (χ0n) is 16.2. The van der Waals surface area contributed by atoms with E-state index in [0.29, 0.717) is 32.7 Å². The monoisotopic (exact) mass is 360 g/mol. The summed E-state index contributed by atoms with van der Waals surface area (Å²) < 4.78 is 5.56. The summed E-state index contributed by atoms with van der Waals surface area (Å²) in [5.74, 6) is 0.167. The van der Waals surface area contributed by atoms with Crippen molar-refractivity contribution in [3.8, 4) is 0 Å². The Morgan fingerprint density at radius 3 is 2.24 bits per heavy atom. The molecule has 0 aromatic carbocycles. The number of rotatable bonds is 19. The van der Waals surface area contributed by atoms with Gasteiger partial charge in [-0.25, -0.2) is 0 Å². The summed E-state index contributed by atoms with van der Waals surface area (Å²) in [7, 11) is 0. The molecular weight excluding hydrogens is 320 g/mol. The van der Waals surface area contributed by atoms with E-state index in [1.807, 2.05) is 4.90 Å². The van der Waals surface area contributed by atoms with E-state index in [0.717, 1.165) is 38.8 Å². The molecule has 0 radical (unpaired) electrons. The van der Waals surface area contributed by atoms with E-state index in [1.165, 1.54) is 25.7 Å². The summed E-state index contributed by atoms with van der Waals surface area (Å²) in [5.41, 5.74) is 0. The fraction of sp³-hybridized carbons (Fsp3) is 0.947. The molecule has 0 heterocycles. The van der Waals surface area contributed by atoms with Gasteiger partial charge in [0.2, 0.25) is 5.91 Å². The predicted octanol–water partition coefficient (Wildman–Crippen LogP) is 1.94. The van der Waals surface area contributed by atoms with Crippen molar-refractivity contribution in [1.29, 1.82) is 0 Å². The molecule has 0 aliphatic heterocycles. The highest BCUT2D eigenvalue weighted by Crippen LogP contribution is 2.06. The lowest BCUT2D eigenvalue weighted by molar-refractivity contribution is -0.121. The van der Waals surface area contributed by atoms with Crippen molar-refractivity contribution < 1.29 is 19.7 Å². The Labute approximate surface area is 153 Å². The van der Waals surface area contributed by atoms with Gasteiger partial charge in [-0.15, -0.1) is 0 Å². The Hall–Kier alpha value is -0.690. The summed E-state index contributed by atoms with van der Waals surface area (Å²) in [4.78, 5) is 13.7. The van der Waals surface area contributed by atoms with Gasteiger partial charge in [0, 0.05) is 39.2 Å². The third kappa shape index (κ3) is 17.9. The van der Waals surface area contributed by atoms with Crippen LogP contribution in [0.2, 0.25) is 0 Å². The Bertz CT molecular complexity index is 285. The maximum absolute atomic E-state index is 11.7. The van der Waals surface area contributed by atoms with Gasteiger partial charge in [-0.2, -0.15) is 0 Å². The molecule has 0 spiro atoms. The summed E-state index contributed by atoms with van der Waals surface area (Å²) in [6, 6.07) is 0. The quantitative estimate of drug-likeness (QED) is 0.307. The molecule has 150 valence electrons. The summed E-state index contributed by atoms with van der Waals surface area (Å²) >= 11 is 0. The average molecular weight is 361 g/mol. The fourth-order valence-corrected chi connectivity index (χ4v) is 2.63. The summed E-state index contributed by atoms with van der Waals surface area (Å²) in [5, 5.41) is 20.8. The standard InChI is InChI=1S/C19H40N2O4/c1-2-3-4-5-6-7-10-19(24)20-11-8-9-17-25-18-14-21(12-15-22)13-16-23/h22-23H,2-18H2,1H3,(H,20,24). The van der Waals surface area contributed by atoms with Gasteiger partial charge in [-0.05, 0) is 19.3 Å². The van der Waals surface area contributed by atoms with Crippen LogP contribution in [-0.4, -0.2) is 73.6 Å². The van der Waals surface area contributed by atoms with Gasteiger partial charge in [-0.3, -0.25) is 9.69 Å². The highest BCUT2D eigenvalue weighted by Gasteiger charge is 2.03. The van der Waals surface area contributed by atoms with Crippen LogP contribution in [0.5, 0.6) is 0 Å². The first-order chi connectivity index (χ1) is 12.2. The molecule has 0 aliphatic carbocycles. The van der Waals surface area contributed by atoms with Crippen LogP contribution in [0, 0.1) is 0 Å². The van der Waals surface area contributed by atoms with E-state index in [4.69, 9.17) is 14.9 Å². The molecule has 6 nitrogen and oxygen atoms in total. The molecule has 0 saturated heterocycles. The van der Waals surface area contributed by atoms with Gasteiger partial charge < -0.3 is 20.3 Å². The lowest BCUT2D eigenvalue weighted by Gasteiger charge is -2.19. The van der Waals surface area contributed by atoms with E-state index in [1.54, 1.807) is 0 Å². The molecule has 0 bridgehead atoms. The lowest BCUT2D eigenvalue weighted by atomic mass is 10.1. The SMILES string of the molecule is CCCCCCCCC(=O)NCCCCOCCN(CCO)CCO. The second kappa shape index (κ2) is 19.6. The van der Waals surface area contributed by atoms with Crippen LogP contribution in [0.4, 0.5) is 0 Å². The molecule has 25 heavy (non-hydrogen) atoms. The third-order valence-corrected chi connectivity index (χ3v) is 4.18. The molecule has 3 N–H and O–H groups in total. The maximum Gasteiger partial charge on any atom is 0.219 e. The minimum atomic E-state index is 0.0957. The Kier molecular flexibility index (Phi) is 19.1. The highest BCUT2D eigenvalue weighted by atomic mass is 16.5. The average Bonchev–Trinajstić information content (AvgIpc) is 2.60. The minimum Gasteiger partial charge on any atom is -0.395 e. The molecule has 1 amide bonds. The predicted molar refractivity (Wildman–Crippen MR) is 102 cm³/mol. The Balaban J connectivity index is 3.32. The normalized spacial score (nSPS) is 11.2. The van der Waals surface area contributed by atoms with Gasteiger partial charge in [-0.1, -0.05) is 39.0 Å². The van der Waals surface area contributed by atoms with E-state index in [2.05, 4.69) is 12.2 Å². The van der Waals surface area contributed by atoms with Crippen molar-refractivity contribution in [2.24, 2.45) is 0 Å². The van der Waals surface area contributed by atoms with Crippen molar-refractivity contribution >= 4 is 5.91 Å². The number of aliphatic hydroxyl groups is 2. The zero-order chi connectivity index (χ0) is 18.6. The van der Waals surface area contributed by atoms with E-state index in [-0.39, 0.29) is 19.1 Å². The van der Waals surface area contributed by atoms with Crippen molar-refractivity contribution in [1.82, 2.24) is 10.2 Å². The van der Waals surface area contributed by atoms with Gasteiger partial charge in [0.05, 0.1) is 19.8 Å². The number of hydrogen-bond donors (Lipinski definition) is 3. The molecule has 0 rings (SSSR count). The number of amides is 1. The number of aliphatic hydroxyl groups excluding tert-OH is 2. The van der Waals surface area contributed by atoms with E-state index < -0.39 is 0 Å². The first-order valence-corrected chi connectivity index (χ1v) is 10.0. The molecule has 0 aromatic rings. The van der Waals surface area contributed by atoms with Gasteiger partial charge in [0.15, 0.2) is 0 Å². The van der Waals surface area contributed by atoms with Gasteiger partial charge in [0.1, 0.15) is 0 Å². The van der Waals surface area contributed by atoms with Crippen LogP contribution in [0.25, 0.3) is 0 Å². The second-order valence-corrected chi connectivity index (χ2v) is 6.48. The van der Waals surface area contributed by atoms with Crippen molar-refractivity contribution in [3.05, 3.63) is 0 Å². The zero-order valence-corrected chi connectivity index (χ0v) is 16.2. The largest absolute Gasteiger partial charge is 0.395 e. The molecule has 0 fully saturated rings. The fourth-order valence-electron chi connectivity index (χ4n) is 2.63. The molecule has 6 heteroatoms. The smallest absolute Gasteiger partial charge is 0.219 e. The number of hydrogen-bond acceptors (Lipinski definition) is 5. The number of carbonyl (C=O) groups is 1. The number of unbranched alkanes of at least 4 members (excludes halogenated alkanes) is 6. The Morgan fingerprint density at radius 2 is 1.56 bits per heavy atom. The first kappa shape index (κ1) is 24.3. The summed E-state index contributed by atoms with van der Waals surface area (Å²) in [6.07, 6.45) is 9.75. The van der Waals surface area contributed by atoms with Crippen LogP contribution in [0.1, 0.15) is 64.7 Å². The van der Waals surface area contributed by atoms with Crippen molar-refractivity contribution in [3.63, 3.8) is 0 Å². The van der Waals surface area contributed by atoms with Crippen LogP contribution in [-0.2, 0) is 9.53 Å². The Morgan fingerprint density at radius 1 is 0.880 bits per heavy atom. The molecule has 0 aliphatic rings. The molecule has 0 saturated carbocycles. The number of nitrogens with zero attached hydrogens (tertiary/aromatic N) is 1. The van der Waals surface area contributed by atoms with E-state index in [9.17, 15) is 4.79 Å². The maximum atomic E-state index is 11.7. The molecule has 0 atom stereocenters. The first-order valence-electron chi connectivity index (χ1n) is 10.0. The molecule has 0 aromatic heterocycles. The molecular formula is C19H40N2O4. The topological polar surface area (TPSA) is 82.0 Å². The number of nitrogens with one attached hydrogen (secondary N) is 1. The van der Waals surface area contributed by atoms with Crippen LogP contribution in [0.3, 0.4) is 0 Å². The summed E-state index contributed by atoms with van der Waals surface area (Å²) in [6.45, 7) is 6.25. The lowest BCUT2D eigenvalue weighted by Crippen LogP contribution is -2.33. The van der Waals surface area contributed by atoms with Crippen LogP contribution >= 0.6 is 0 Å².